The molecule has 6 heteroatoms. The van der Waals surface area contributed by atoms with Crippen molar-refractivity contribution in [3.8, 4) is 16.6 Å². The van der Waals surface area contributed by atoms with Crippen LogP contribution in [0.15, 0.2) is 30.7 Å². The number of carbonyl (C=O) groups excluding carboxylic acids is 1. The predicted octanol–water partition coefficient (Wildman–Crippen LogP) is 2.19. The largest absolute Gasteiger partial charge is 0.325 e. The van der Waals surface area contributed by atoms with Gasteiger partial charge in [-0.05, 0) is 19.1 Å². The van der Waals surface area contributed by atoms with E-state index in [1.54, 1.807) is 18.6 Å². The van der Waals surface area contributed by atoms with Crippen molar-refractivity contribution in [2.45, 2.75) is 6.92 Å². The van der Waals surface area contributed by atoms with E-state index in [9.17, 15) is 4.79 Å². The molecule has 0 N–H and O–H groups in total. The first-order valence-electron chi connectivity index (χ1n) is 5.78. The van der Waals surface area contributed by atoms with Gasteiger partial charge in [-0.1, -0.05) is 0 Å². The fourth-order valence-electron chi connectivity index (χ4n) is 1.56. The number of aromatic nitrogens is 2. The fourth-order valence-corrected chi connectivity index (χ4v) is 2.44. The van der Waals surface area contributed by atoms with E-state index in [4.69, 9.17) is 5.26 Å². The smallest absolute Gasteiger partial charge is 0.266 e. The summed E-state index contributed by atoms with van der Waals surface area (Å²) in [4.78, 5) is 22.4. The summed E-state index contributed by atoms with van der Waals surface area (Å²) in [6, 6.07) is 5.71. The molecular formula is C13H12N4OS. The van der Waals surface area contributed by atoms with Gasteiger partial charge in [0.05, 0.1) is 12.3 Å². The van der Waals surface area contributed by atoms with E-state index < -0.39 is 0 Å². The molecule has 0 unspecified atom stereocenters. The highest BCUT2D eigenvalue weighted by atomic mass is 32.1. The van der Waals surface area contributed by atoms with Crippen molar-refractivity contribution in [2.75, 3.05) is 13.1 Å². The van der Waals surface area contributed by atoms with E-state index in [-0.39, 0.29) is 12.5 Å². The molecule has 2 aromatic heterocycles. The topological polar surface area (TPSA) is 69.9 Å². The summed E-state index contributed by atoms with van der Waals surface area (Å²) in [5.74, 6) is -0.156. The van der Waals surface area contributed by atoms with E-state index >= 15 is 0 Å². The lowest BCUT2D eigenvalue weighted by Gasteiger charge is -2.15. The minimum Gasteiger partial charge on any atom is -0.325 e. The minimum atomic E-state index is -0.156. The van der Waals surface area contributed by atoms with Gasteiger partial charge in [-0.3, -0.25) is 9.78 Å². The van der Waals surface area contributed by atoms with Crippen LogP contribution in [0, 0.1) is 11.3 Å². The van der Waals surface area contributed by atoms with Crippen molar-refractivity contribution < 1.29 is 4.79 Å². The van der Waals surface area contributed by atoms with Crippen molar-refractivity contribution in [3.63, 3.8) is 0 Å². The van der Waals surface area contributed by atoms with Crippen LogP contribution >= 0.6 is 11.3 Å². The third kappa shape index (κ3) is 2.95. The third-order valence-corrected chi connectivity index (χ3v) is 3.59. The monoisotopic (exact) mass is 272 g/mol. The molecule has 0 radical (unpaired) electrons. The number of hydrogen-bond acceptors (Lipinski definition) is 5. The minimum absolute atomic E-state index is 0.0927. The number of nitrogens with zero attached hydrogens (tertiary/aromatic N) is 4. The van der Waals surface area contributed by atoms with Crippen LogP contribution in [0.25, 0.3) is 10.6 Å². The van der Waals surface area contributed by atoms with Gasteiger partial charge in [-0.2, -0.15) is 5.26 Å². The number of hydrogen-bond donors (Lipinski definition) is 0. The number of nitriles is 1. The van der Waals surface area contributed by atoms with Gasteiger partial charge in [0.15, 0.2) is 0 Å². The maximum absolute atomic E-state index is 12.1. The Morgan fingerprint density at radius 2 is 2.37 bits per heavy atom. The number of pyridine rings is 1. The molecule has 0 saturated carbocycles. The average Bonchev–Trinajstić information content (AvgIpc) is 2.95. The first-order chi connectivity index (χ1) is 9.26. The standard InChI is InChI=1S/C13H12N4OS/c1-2-17(7-5-14)13(18)11-9-16-12(19-11)10-4-3-6-15-8-10/h3-4,6,8-9H,2,7H2,1H3. The molecule has 2 aromatic rings. The van der Waals surface area contributed by atoms with Gasteiger partial charge < -0.3 is 4.90 Å². The van der Waals surface area contributed by atoms with Crippen LogP contribution in [-0.2, 0) is 0 Å². The maximum Gasteiger partial charge on any atom is 0.266 e. The molecule has 0 saturated heterocycles. The summed E-state index contributed by atoms with van der Waals surface area (Å²) in [6.07, 6.45) is 4.95. The predicted molar refractivity (Wildman–Crippen MR) is 72.5 cm³/mol. The van der Waals surface area contributed by atoms with Gasteiger partial charge in [0, 0.05) is 24.5 Å². The highest BCUT2D eigenvalue weighted by Crippen LogP contribution is 2.25. The Labute approximate surface area is 115 Å². The van der Waals surface area contributed by atoms with Crippen LogP contribution in [0.4, 0.5) is 0 Å². The van der Waals surface area contributed by atoms with Crippen molar-refractivity contribution in [1.29, 1.82) is 5.26 Å². The van der Waals surface area contributed by atoms with Gasteiger partial charge in [-0.15, -0.1) is 11.3 Å². The lowest BCUT2D eigenvalue weighted by Crippen LogP contribution is -2.30. The van der Waals surface area contributed by atoms with Gasteiger partial charge in [-0.25, -0.2) is 4.98 Å². The van der Waals surface area contributed by atoms with Crippen LogP contribution in [0.1, 0.15) is 16.6 Å². The number of amides is 1. The Morgan fingerprint density at radius 1 is 1.53 bits per heavy atom. The molecule has 2 rings (SSSR count). The number of rotatable bonds is 4. The molecule has 0 atom stereocenters. The van der Waals surface area contributed by atoms with Crippen molar-refractivity contribution in [2.24, 2.45) is 0 Å². The van der Waals surface area contributed by atoms with Gasteiger partial charge in [0.25, 0.3) is 5.91 Å². The van der Waals surface area contributed by atoms with Crippen molar-refractivity contribution in [1.82, 2.24) is 14.9 Å². The molecule has 1 amide bonds. The average molecular weight is 272 g/mol. The second kappa shape index (κ2) is 6.07. The fraction of sp³-hybridized carbons (Fsp3) is 0.231. The highest BCUT2D eigenvalue weighted by molar-refractivity contribution is 7.16. The normalized spacial score (nSPS) is 9.89. The number of thiazole rings is 1. The van der Waals surface area contributed by atoms with Gasteiger partial charge >= 0.3 is 0 Å². The molecule has 19 heavy (non-hydrogen) atoms. The van der Waals surface area contributed by atoms with E-state index in [0.29, 0.717) is 11.4 Å². The van der Waals surface area contributed by atoms with Gasteiger partial charge in [0.2, 0.25) is 0 Å². The molecule has 0 fully saturated rings. The Morgan fingerprint density at radius 3 is 3.00 bits per heavy atom. The summed E-state index contributed by atoms with van der Waals surface area (Å²) in [5.41, 5.74) is 0.884. The first-order valence-corrected chi connectivity index (χ1v) is 6.60. The lowest BCUT2D eigenvalue weighted by atomic mass is 10.3. The second-order valence-corrected chi connectivity index (χ2v) is 4.78. The van der Waals surface area contributed by atoms with Crippen LogP contribution in [0.5, 0.6) is 0 Å². The molecule has 96 valence electrons. The van der Waals surface area contributed by atoms with Crippen LogP contribution in [0.3, 0.4) is 0 Å². The zero-order valence-electron chi connectivity index (χ0n) is 10.4. The molecular weight excluding hydrogens is 260 g/mol. The van der Waals surface area contributed by atoms with Gasteiger partial charge in [0.1, 0.15) is 16.4 Å². The summed E-state index contributed by atoms with van der Waals surface area (Å²) >= 11 is 1.31. The van der Waals surface area contributed by atoms with E-state index in [1.165, 1.54) is 16.2 Å². The Hall–Kier alpha value is -2.26. The second-order valence-electron chi connectivity index (χ2n) is 3.75. The Kier molecular flexibility index (Phi) is 4.21. The quantitative estimate of drug-likeness (QED) is 0.800. The van der Waals surface area contributed by atoms with Crippen LogP contribution in [0.2, 0.25) is 0 Å². The SMILES string of the molecule is CCN(CC#N)C(=O)c1cnc(-c2cccnc2)s1. The summed E-state index contributed by atoms with van der Waals surface area (Å²) < 4.78 is 0. The highest BCUT2D eigenvalue weighted by Gasteiger charge is 2.17. The van der Waals surface area contributed by atoms with E-state index in [2.05, 4.69) is 9.97 Å². The maximum atomic E-state index is 12.1. The summed E-state index contributed by atoms with van der Waals surface area (Å²) in [5, 5.41) is 9.44. The summed E-state index contributed by atoms with van der Waals surface area (Å²) in [6.45, 7) is 2.44. The molecule has 0 spiro atoms. The molecule has 2 heterocycles. The number of carbonyl (C=O) groups is 1. The molecule has 0 aromatic carbocycles. The zero-order chi connectivity index (χ0) is 13.7. The molecule has 0 aliphatic rings. The zero-order valence-corrected chi connectivity index (χ0v) is 11.2. The molecule has 0 aliphatic heterocycles. The first kappa shape index (κ1) is 13.2. The van der Waals surface area contributed by atoms with E-state index in [1.807, 2.05) is 25.1 Å². The van der Waals surface area contributed by atoms with Crippen LogP contribution < -0.4 is 0 Å². The van der Waals surface area contributed by atoms with Crippen LogP contribution in [-0.4, -0.2) is 33.9 Å². The third-order valence-electron chi connectivity index (χ3n) is 2.56. The Bertz CT molecular complexity index is 603. The molecule has 0 bridgehead atoms. The molecule has 0 aliphatic carbocycles. The van der Waals surface area contributed by atoms with Crippen molar-refractivity contribution >= 4 is 17.2 Å². The van der Waals surface area contributed by atoms with Crippen molar-refractivity contribution in [3.05, 3.63) is 35.6 Å². The molecule has 5 nitrogen and oxygen atoms in total. The Balaban J connectivity index is 2.22. The lowest BCUT2D eigenvalue weighted by molar-refractivity contribution is 0.0788. The van der Waals surface area contributed by atoms with E-state index in [0.717, 1.165) is 10.6 Å². The summed E-state index contributed by atoms with van der Waals surface area (Å²) in [7, 11) is 0.